The molecule has 0 saturated carbocycles. The maximum Gasteiger partial charge on any atom is 0.0971 e. The molecule has 1 saturated heterocycles. The molecule has 2 rings (SSSR count). The molecule has 1 aliphatic rings. The van der Waals surface area contributed by atoms with E-state index in [-0.39, 0.29) is 12.2 Å². The number of halogens is 1. The van der Waals surface area contributed by atoms with Gasteiger partial charge in [-0.25, -0.2) is 0 Å². The van der Waals surface area contributed by atoms with Crippen molar-refractivity contribution < 1.29 is 9.47 Å². The van der Waals surface area contributed by atoms with Crippen LogP contribution in [-0.4, -0.2) is 58.0 Å². The van der Waals surface area contributed by atoms with Crippen LogP contribution in [0.4, 0.5) is 0 Å². The highest BCUT2D eigenvalue weighted by Crippen LogP contribution is 2.22. The Morgan fingerprint density at radius 1 is 1.19 bits per heavy atom. The van der Waals surface area contributed by atoms with Crippen LogP contribution in [0.3, 0.4) is 0 Å². The first kappa shape index (κ1) is 16.9. The van der Waals surface area contributed by atoms with Gasteiger partial charge in [-0.05, 0) is 31.2 Å². The van der Waals surface area contributed by atoms with E-state index in [2.05, 4.69) is 50.4 Å². The molecule has 1 aromatic rings. The molecule has 1 fully saturated rings. The Balaban J connectivity index is 1.87. The molecule has 1 aliphatic heterocycles. The number of likely N-dealkylation sites (tertiary alicyclic amines) is 1. The molecule has 21 heavy (non-hydrogen) atoms. The molecule has 3 atom stereocenters. The van der Waals surface area contributed by atoms with Gasteiger partial charge >= 0.3 is 0 Å². The van der Waals surface area contributed by atoms with Gasteiger partial charge in [0.15, 0.2) is 0 Å². The highest BCUT2D eigenvalue weighted by Gasteiger charge is 2.32. The normalized spacial score (nSPS) is 24.4. The zero-order valence-electron chi connectivity index (χ0n) is 13.0. The lowest BCUT2D eigenvalue weighted by Gasteiger charge is -2.21. The summed E-state index contributed by atoms with van der Waals surface area (Å²) in [7, 11) is 5.55. The fourth-order valence-electron chi connectivity index (χ4n) is 2.94. The molecular formula is C16H25BrN2O2. The fourth-order valence-corrected chi connectivity index (χ4v) is 3.20. The van der Waals surface area contributed by atoms with Crippen LogP contribution in [0.1, 0.15) is 18.0 Å². The van der Waals surface area contributed by atoms with Gasteiger partial charge in [0, 0.05) is 44.4 Å². The van der Waals surface area contributed by atoms with Crippen LogP contribution >= 0.6 is 15.9 Å². The zero-order valence-corrected chi connectivity index (χ0v) is 14.6. The maximum absolute atomic E-state index is 5.49. The lowest BCUT2D eigenvalue weighted by atomic mass is 10.0. The van der Waals surface area contributed by atoms with Gasteiger partial charge in [0.2, 0.25) is 0 Å². The number of nitrogens with one attached hydrogen (secondary N) is 1. The predicted octanol–water partition coefficient (Wildman–Crippen LogP) is 2.45. The molecule has 118 valence electrons. The van der Waals surface area contributed by atoms with E-state index in [4.69, 9.17) is 9.47 Å². The third-order valence-electron chi connectivity index (χ3n) is 4.25. The SMILES string of the molecule is CNC(CCN1CC(OC)C(OC)C1)c1ccc(Br)cc1. The lowest BCUT2D eigenvalue weighted by molar-refractivity contribution is -0.00461. The second-order valence-electron chi connectivity index (χ2n) is 5.49. The van der Waals surface area contributed by atoms with Gasteiger partial charge in [0.05, 0.1) is 12.2 Å². The molecular weight excluding hydrogens is 332 g/mol. The predicted molar refractivity (Wildman–Crippen MR) is 88.6 cm³/mol. The van der Waals surface area contributed by atoms with Gasteiger partial charge in [-0.15, -0.1) is 0 Å². The molecule has 0 aromatic heterocycles. The van der Waals surface area contributed by atoms with Crippen LogP contribution in [-0.2, 0) is 9.47 Å². The maximum atomic E-state index is 5.49. The molecule has 3 unspecified atom stereocenters. The number of nitrogens with zero attached hydrogens (tertiary/aromatic N) is 1. The average molecular weight is 357 g/mol. The van der Waals surface area contributed by atoms with Gasteiger partial charge in [0.1, 0.15) is 0 Å². The zero-order chi connectivity index (χ0) is 15.2. The van der Waals surface area contributed by atoms with Gasteiger partial charge in [-0.1, -0.05) is 28.1 Å². The summed E-state index contributed by atoms with van der Waals surface area (Å²) in [5, 5.41) is 3.41. The highest BCUT2D eigenvalue weighted by molar-refractivity contribution is 9.10. The standard InChI is InChI=1S/C16H25BrN2O2/c1-18-14(12-4-6-13(17)7-5-12)8-9-19-10-15(20-2)16(11-19)21-3/h4-7,14-16,18H,8-11H2,1-3H3. The first-order valence-corrected chi connectivity index (χ1v) is 8.18. The van der Waals surface area contributed by atoms with Crippen LogP contribution in [0.15, 0.2) is 28.7 Å². The third kappa shape index (κ3) is 4.50. The number of hydrogen-bond acceptors (Lipinski definition) is 4. The van der Waals surface area contributed by atoms with E-state index in [0.29, 0.717) is 6.04 Å². The largest absolute Gasteiger partial charge is 0.377 e. The van der Waals surface area contributed by atoms with E-state index < -0.39 is 0 Å². The first-order chi connectivity index (χ1) is 10.2. The highest BCUT2D eigenvalue weighted by atomic mass is 79.9. The summed E-state index contributed by atoms with van der Waals surface area (Å²) in [5.41, 5.74) is 1.33. The Labute approximate surface area is 135 Å². The third-order valence-corrected chi connectivity index (χ3v) is 4.78. The minimum absolute atomic E-state index is 0.190. The lowest BCUT2D eigenvalue weighted by Crippen LogP contribution is -2.28. The van der Waals surface area contributed by atoms with Crippen molar-refractivity contribution in [1.82, 2.24) is 10.2 Å². The average Bonchev–Trinajstić information content (AvgIpc) is 2.92. The van der Waals surface area contributed by atoms with E-state index >= 15 is 0 Å². The van der Waals surface area contributed by atoms with Crippen molar-refractivity contribution in [2.75, 3.05) is 40.9 Å². The first-order valence-electron chi connectivity index (χ1n) is 7.38. The summed E-state index contributed by atoms with van der Waals surface area (Å²) >= 11 is 3.48. The summed E-state index contributed by atoms with van der Waals surface area (Å²) in [6.07, 6.45) is 1.46. The number of benzene rings is 1. The molecule has 1 N–H and O–H groups in total. The number of methoxy groups -OCH3 is 2. The van der Waals surface area contributed by atoms with Gasteiger partial charge in [-0.2, -0.15) is 0 Å². The summed E-state index contributed by atoms with van der Waals surface area (Å²) in [4.78, 5) is 2.42. The summed E-state index contributed by atoms with van der Waals surface area (Å²) in [6, 6.07) is 8.91. The van der Waals surface area contributed by atoms with Crippen LogP contribution in [0.5, 0.6) is 0 Å². The van der Waals surface area contributed by atoms with Crippen LogP contribution in [0.2, 0.25) is 0 Å². The molecule has 4 nitrogen and oxygen atoms in total. The number of ether oxygens (including phenoxy) is 2. The van der Waals surface area contributed by atoms with Gasteiger partial charge in [0.25, 0.3) is 0 Å². The minimum atomic E-state index is 0.190. The van der Waals surface area contributed by atoms with Crippen LogP contribution < -0.4 is 5.32 Å². The Hall–Kier alpha value is -0.460. The molecule has 1 heterocycles. The summed E-state index contributed by atoms with van der Waals surface area (Å²) < 4.78 is 12.1. The monoisotopic (exact) mass is 356 g/mol. The van der Waals surface area contributed by atoms with E-state index in [9.17, 15) is 0 Å². The Bertz CT molecular complexity index is 415. The van der Waals surface area contributed by atoms with Crippen molar-refractivity contribution in [1.29, 1.82) is 0 Å². The number of rotatable bonds is 7. The van der Waals surface area contributed by atoms with Crippen molar-refractivity contribution in [3.63, 3.8) is 0 Å². The van der Waals surface area contributed by atoms with Crippen molar-refractivity contribution in [3.05, 3.63) is 34.3 Å². The Morgan fingerprint density at radius 3 is 2.24 bits per heavy atom. The van der Waals surface area contributed by atoms with E-state index in [0.717, 1.165) is 30.5 Å². The smallest absolute Gasteiger partial charge is 0.0971 e. The Kier molecular flexibility index (Phi) is 6.64. The summed E-state index contributed by atoms with van der Waals surface area (Å²) in [5.74, 6) is 0. The number of hydrogen-bond donors (Lipinski definition) is 1. The molecule has 5 heteroatoms. The molecule has 0 aliphatic carbocycles. The molecule has 0 radical (unpaired) electrons. The van der Waals surface area contributed by atoms with Crippen molar-refractivity contribution in [2.45, 2.75) is 24.7 Å². The second-order valence-corrected chi connectivity index (χ2v) is 6.41. The van der Waals surface area contributed by atoms with Crippen LogP contribution in [0.25, 0.3) is 0 Å². The molecule has 1 aromatic carbocycles. The minimum Gasteiger partial charge on any atom is -0.377 e. The van der Waals surface area contributed by atoms with Crippen molar-refractivity contribution in [3.8, 4) is 0 Å². The van der Waals surface area contributed by atoms with Gasteiger partial charge < -0.3 is 14.8 Å². The Morgan fingerprint density at radius 2 is 1.76 bits per heavy atom. The van der Waals surface area contributed by atoms with Gasteiger partial charge in [-0.3, -0.25) is 4.90 Å². The second kappa shape index (κ2) is 8.25. The van der Waals surface area contributed by atoms with Crippen molar-refractivity contribution >= 4 is 15.9 Å². The quantitative estimate of drug-likeness (QED) is 0.813. The van der Waals surface area contributed by atoms with E-state index in [1.54, 1.807) is 14.2 Å². The fraction of sp³-hybridized carbons (Fsp3) is 0.625. The molecule has 0 amide bonds. The van der Waals surface area contributed by atoms with E-state index in [1.165, 1.54) is 5.56 Å². The van der Waals surface area contributed by atoms with Crippen molar-refractivity contribution in [2.24, 2.45) is 0 Å². The topological polar surface area (TPSA) is 33.7 Å². The van der Waals surface area contributed by atoms with E-state index in [1.807, 2.05) is 7.05 Å². The summed E-state index contributed by atoms with van der Waals surface area (Å²) in [6.45, 7) is 2.94. The molecule has 0 bridgehead atoms. The molecule has 0 spiro atoms. The van der Waals surface area contributed by atoms with Crippen LogP contribution in [0, 0.1) is 0 Å².